The van der Waals surface area contributed by atoms with Gasteiger partial charge in [0.15, 0.2) is 6.10 Å². The Labute approximate surface area is 86.9 Å². The highest BCUT2D eigenvalue weighted by atomic mass is 16.6. The van der Waals surface area contributed by atoms with Crippen LogP contribution in [-0.4, -0.2) is 39.1 Å². The summed E-state index contributed by atoms with van der Waals surface area (Å²) >= 11 is 0. The summed E-state index contributed by atoms with van der Waals surface area (Å²) in [5, 5.41) is 24.5. The van der Waals surface area contributed by atoms with Crippen LogP contribution in [0.25, 0.3) is 0 Å². The van der Waals surface area contributed by atoms with Gasteiger partial charge in [-0.1, -0.05) is 6.92 Å². The van der Waals surface area contributed by atoms with Crippen LogP contribution in [0.3, 0.4) is 0 Å². The number of carbonyl (C=O) groups is 1. The van der Waals surface area contributed by atoms with Crippen molar-refractivity contribution in [1.29, 1.82) is 0 Å². The highest BCUT2D eigenvalue weighted by molar-refractivity contribution is 5.69. The van der Waals surface area contributed by atoms with Crippen LogP contribution >= 0.6 is 0 Å². The Morgan fingerprint density at radius 3 is 2.93 bits per heavy atom. The van der Waals surface area contributed by atoms with Gasteiger partial charge in [0.25, 0.3) is 0 Å². The minimum absolute atomic E-state index is 0.215. The molecule has 1 heterocycles. The molecule has 1 aromatic heterocycles. The zero-order valence-electron chi connectivity index (χ0n) is 8.38. The van der Waals surface area contributed by atoms with Gasteiger partial charge in [-0.05, 0) is 0 Å². The molecule has 2 atom stereocenters. The predicted octanol–water partition coefficient (Wildman–Crippen LogP) is -0.243. The Kier molecular flexibility index (Phi) is 4.26. The van der Waals surface area contributed by atoms with Crippen molar-refractivity contribution in [2.75, 3.05) is 6.61 Å². The van der Waals surface area contributed by atoms with Gasteiger partial charge in [-0.3, -0.25) is 9.89 Å². The van der Waals surface area contributed by atoms with E-state index < -0.39 is 24.8 Å². The van der Waals surface area contributed by atoms with Crippen molar-refractivity contribution in [1.82, 2.24) is 10.2 Å². The predicted molar refractivity (Wildman–Crippen MR) is 50.8 cm³/mol. The van der Waals surface area contributed by atoms with Crippen LogP contribution in [0.1, 0.15) is 25.0 Å². The molecule has 0 saturated heterocycles. The molecule has 0 amide bonds. The molecule has 0 aliphatic carbocycles. The van der Waals surface area contributed by atoms with E-state index in [-0.39, 0.29) is 6.42 Å². The van der Waals surface area contributed by atoms with Crippen LogP contribution < -0.4 is 0 Å². The summed E-state index contributed by atoms with van der Waals surface area (Å²) in [6, 6.07) is 0. The molecule has 1 rings (SSSR count). The molecule has 0 aliphatic heterocycles. The molecule has 0 bridgehead atoms. The van der Waals surface area contributed by atoms with E-state index in [0.29, 0.717) is 5.56 Å². The number of H-pyrrole nitrogens is 1. The molecule has 0 fully saturated rings. The number of aromatic amines is 1. The van der Waals surface area contributed by atoms with Crippen molar-refractivity contribution in [2.24, 2.45) is 0 Å². The molecule has 0 radical (unpaired) electrons. The van der Waals surface area contributed by atoms with Crippen LogP contribution in [0.5, 0.6) is 0 Å². The average molecular weight is 214 g/mol. The number of aliphatic hydroxyl groups excluding tert-OH is 2. The van der Waals surface area contributed by atoms with Gasteiger partial charge in [0.1, 0.15) is 6.10 Å². The molecule has 1 aromatic rings. The maximum atomic E-state index is 11.1. The monoisotopic (exact) mass is 214 g/mol. The number of esters is 1. The fourth-order valence-electron chi connectivity index (χ4n) is 1.11. The summed E-state index contributed by atoms with van der Waals surface area (Å²) in [5.74, 6) is -0.436. The van der Waals surface area contributed by atoms with Crippen molar-refractivity contribution in [2.45, 2.75) is 25.6 Å². The van der Waals surface area contributed by atoms with Gasteiger partial charge in [-0.15, -0.1) is 0 Å². The lowest BCUT2D eigenvalue weighted by atomic mass is 10.1. The van der Waals surface area contributed by atoms with Crippen molar-refractivity contribution in [3.8, 4) is 0 Å². The zero-order chi connectivity index (χ0) is 11.3. The molecule has 6 heteroatoms. The van der Waals surface area contributed by atoms with Crippen molar-refractivity contribution < 1.29 is 19.7 Å². The third kappa shape index (κ3) is 3.03. The van der Waals surface area contributed by atoms with E-state index in [1.54, 1.807) is 6.92 Å². The van der Waals surface area contributed by atoms with E-state index in [0.717, 1.165) is 0 Å². The first kappa shape index (κ1) is 11.7. The third-order valence-corrected chi connectivity index (χ3v) is 1.93. The van der Waals surface area contributed by atoms with E-state index in [4.69, 9.17) is 9.84 Å². The summed E-state index contributed by atoms with van der Waals surface area (Å²) in [6.07, 6.45) is 1.14. The SMILES string of the molecule is CCC(=O)OC(c1cn[nH]c1)C(O)CO. The Hall–Kier alpha value is -1.40. The molecule has 0 spiro atoms. The summed E-state index contributed by atoms with van der Waals surface area (Å²) < 4.78 is 4.99. The molecule has 0 aromatic carbocycles. The minimum Gasteiger partial charge on any atom is -0.454 e. The first-order valence-electron chi connectivity index (χ1n) is 4.66. The second kappa shape index (κ2) is 5.47. The number of aliphatic hydroxyl groups is 2. The molecule has 6 nitrogen and oxygen atoms in total. The Morgan fingerprint density at radius 1 is 1.73 bits per heavy atom. The van der Waals surface area contributed by atoms with Crippen molar-refractivity contribution in [3.63, 3.8) is 0 Å². The number of nitrogens with zero attached hydrogens (tertiary/aromatic N) is 1. The number of ether oxygens (including phenoxy) is 1. The quantitative estimate of drug-likeness (QED) is 0.588. The normalized spacial score (nSPS) is 14.6. The smallest absolute Gasteiger partial charge is 0.306 e. The van der Waals surface area contributed by atoms with Crippen molar-refractivity contribution >= 4 is 5.97 Å². The van der Waals surface area contributed by atoms with E-state index in [9.17, 15) is 9.90 Å². The highest BCUT2D eigenvalue weighted by Crippen LogP contribution is 2.20. The fourth-order valence-corrected chi connectivity index (χ4v) is 1.11. The lowest BCUT2D eigenvalue weighted by Gasteiger charge is -2.20. The molecule has 0 saturated carbocycles. The maximum Gasteiger partial charge on any atom is 0.306 e. The molecular formula is C9H14N2O4. The summed E-state index contributed by atoms with van der Waals surface area (Å²) in [7, 11) is 0. The van der Waals surface area contributed by atoms with Gasteiger partial charge in [0.2, 0.25) is 0 Å². The molecular weight excluding hydrogens is 200 g/mol. The number of hydrogen-bond donors (Lipinski definition) is 3. The van der Waals surface area contributed by atoms with Crippen LogP contribution in [-0.2, 0) is 9.53 Å². The second-order valence-corrected chi connectivity index (χ2v) is 3.05. The van der Waals surface area contributed by atoms with Gasteiger partial charge in [-0.25, -0.2) is 0 Å². The van der Waals surface area contributed by atoms with Crippen molar-refractivity contribution in [3.05, 3.63) is 18.0 Å². The van der Waals surface area contributed by atoms with Gasteiger partial charge >= 0.3 is 5.97 Å². The molecule has 0 aliphatic rings. The minimum atomic E-state index is -1.14. The Morgan fingerprint density at radius 2 is 2.47 bits per heavy atom. The topological polar surface area (TPSA) is 95.4 Å². The Bertz CT molecular complexity index is 299. The Balaban J connectivity index is 2.74. The van der Waals surface area contributed by atoms with Gasteiger partial charge in [-0.2, -0.15) is 5.10 Å². The first-order chi connectivity index (χ1) is 7.19. The van der Waals surface area contributed by atoms with E-state index >= 15 is 0 Å². The zero-order valence-corrected chi connectivity index (χ0v) is 8.38. The molecule has 2 unspecified atom stereocenters. The standard InChI is InChI=1S/C9H14N2O4/c1-2-8(14)15-9(7(13)5-12)6-3-10-11-4-6/h3-4,7,9,12-13H,2,5H2,1H3,(H,10,11). The maximum absolute atomic E-state index is 11.1. The summed E-state index contributed by atoms with van der Waals surface area (Å²) in [5.41, 5.74) is 0.526. The number of nitrogens with one attached hydrogen (secondary N) is 1. The largest absolute Gasteiger partial charge is 0.454 e. The molecule has 3 N–H and O–H groups in total. The van der Waals surface area contributed by atoms with E-state index in [1.807, 2.05) is 0 Å². The number of aromatic nitrogens is 2. The van der Waals surface area contributed by atoms with Gasteiger partial charge in [0.05, 0.1) is 12.8 Å². The summed E-state index contributed by atoms with van der Waals surface area (Å²) in [6.45, 7) is 1.17. The van der Waals surface area contributed by atoms with Crippen LogP contribution in [0, 0.1) is 0 Å². The van der Waals surface area contributed by atoms with Crippen LogP contribution in [0.15, 0.2) is 12.4 Å². The van der Waals surface area contributed by atoms with E-state index in [2.05, 4.69) is 10.2 Å². The lowest BCUT2D eigenvalue weighted by molar-refractivity contribution is -0.156. The lowest BCUT2D eigenvalue weighted by Crippen LogP contribution is -2.26. The molecule has 84 valence electrons. The van der Waals surface area contributed by atoms with Crippen LogP contribution in [0.4, 0.5) is 0 Å². The van der Waals surface area contributed by atoms with E-state index in [1.165, 1.54) is 12.4 Å². The molecule has 15 heavy (non-hydrogen) atoms. The number of rotatable bonds is 5. The second-order valence-electron chi connectivity index (χ2n) is 3.05. The number of hydrogen-bond acceptors (Lipinski definition) is 5. The fraction of sp³-hybridized carbons (Fsp3) is 0.556. The average Bonchev–Trinajstić information content (AvgIpc) is 2.77. The highest BCUT2D eigenvalue weighted by Gasteiger charge is 2.24. The van der Waals surface area contributed by atoms with Gasteiger partial charge < -0.3 is 14.9 Å². The first-order valence-corrected chi connectivity index (χ1v) is 4.66. The van der Waals surface area contributed by atoms with Gasteiger partial charge in [0, 0.05) is 18.2 Å². The van der Waals surface area contributed by atoms with Crippen LogP contribution in [0.2, 0.25) is 0 Å². The third-order valence-electron chi connectivity index (χ3n) is 1.93. The summed E-state index contributed by atoms with van der Waals surface area (Å²) in [4.78, 5) is 11.1. The number of carbonyl (C=O) groups excluding carboxylic acids is 1.